The summed E-state index contributed by atoms with van der Waals surface area (Å²) in [6.45, 7) is 0. The molecule has 1 aromatic heterocycles. The zero-order chi connectivity index (χ0) is 10.8. The van der Waals surface area contributed by atoms with Crippen molar-refractivity contribution >= 4 is 23.2 Å². The predicted octanol–water partition coefficient (Wildman–Crippen LogP) is 0.877. The maximum atomic E-state index is 9.63. The second kappa shape index (κ2) is 5.89. The molecule has 0 atom stereocenters. The molecule has 0 fully saturated rings. The molecular weight excluding hydrogens is 256 g/mol. The van der Waals surface area contributed by atoms with Crippen molar-refractivity contribution < 1.29 is 36.1 Å². The Hall–Kier alpha value is -0.250. The molecule has 1 heterocycles. The van der Waals surface area contributed by atoms with Crippen LogP contribution in [0.4, 0.5) is 0 Å². The van der Waals surface area contributed by atoms with E-state index in [-0.39, 0.29) is 36.7 Å². The fourth-order valence-electron chi connectivity index (χ4n) is 1.29. The molecule has 0 amide bonds. The SMILES string of the molecule is Oc1ccccc1-c1ncc(Cl)cc1Cl.[H-].[Na+]. The third kappa shape index (κ3) is 2.90. The number of phenols is 1. The van der Waals surface area contributed by atoms with Gasteiger partial charge < -0.3 is 6.53 Å². The number of halogens is 2. The Morgan fingerprint density at radius 3 is 2.50 bits per heavy atom. The Bertz CT molecular complexity index is 511. The van der Waals surface area contributed by atoms with Crippen molar-refractivity contribution in [1.82, 2.24) is 4.98 Å². The Kier molecular flexibility index (Phi) is 5.09. The molecule has 0 unspecified atom stereocenters. The Morgan fingerprint density at radius 2 is 1.88 bits per heavy atom. The number of hydrogen-bond acceptors (Lipinski definition) is 2. The molecule has 2 nitrogen and oxygen atoms in total. The molecule has 1 N–H and O–H groups in total. The maximum Gasteiger partial charge on any atom is 1.00 e. The predicted molar refractivity (Wildman–Crippen MR) is 62.5 cm³/mol. The van der Waals surface area contributed by atoms with Crippen molar-refractivity contribution in [3.8, 4) is 17.0 Å². The number of rotatable bonds is 1. The number of aromatic nitrogens is 1. The minimum absolute atomic E-state index is 0. The summed E-state index contributed by atoms with van der Waals surface area (Å²) < 4.78 is 0. The van der Waals surface area contributed by atoms with Crippen LogP contribution < -0.4 is 29.6 Å². The Balaban J connectivity index is 0.00000128. The molecule has 0 saturated heterocycles. The van der Waals surface area contributed by atoms with Crippen LogP contribution in [0.1, 0.15) is 1.43 Å². The molecule has 2 rings (SSSR count). The number of phenolic OH excluding ortho intramolecular Hbond substituents is 1. The molecule has 5 heteroatoms. The van der Waals surface area contributed by atoms with Crippen molar-refractivity contribution in [3.63, 3.8) is 0 Å². The zero-order valence-electron chi connectivity index (χ0n) is 9.61. The van der Waals surface area contributed by atoms with E-state index < -0.39 is 0 Å². The third-order valence-corrected chi connectivity index (χ3v) is 2.46. The Morgan fingerprint density at radius 1 is 1.19 bits per heavy atom. The number of nitrogens with zero attached hydrogens (tertiary/aromatic N) is 1. The van der Waals surface area contributed by atoms with Crippen LogP contribution in [-0.2, 0) is 0 Å². The van der Waals surface area contributed by atoms with Crippen LogP contribution in [0.3, 0.4) is 0 Å². The van der Waals surface area contributed by atoms with E-state index in [0.717, 1.165) is 0 Å². The molecule has 16 heavy (non-hydrogen) atoms. The van der Waals surface area contributed by atoms with Gasteiger partial charge in [-0.05, 0) is 18.2 Å². The smallest absolute Gasteiger partial charge is 1.00 e. The normalized spacial score (nSPS) is 9.62. The molecule has 0 radical (unpaired) electrons. The summed E-state index contributed by atoms with van der Waals surface area (Å²) in [5, 5.41) is 10.5. The van der Waals surface area contributed by atoms with Gasteiger partial charge in [0.05, 0.1) is 15.7 Å². The van der Waals surface area contributed by atoms with Gasteiger partial charge in [0.1, 0.15) is 5.75 Å². The number of pyridine rings is 1. The number of benzene rings is 1. The molecular formula is C11H8Cl2NNaO. The molecule has 0 spiro atoms. The van der Waals surface area contributed by atoms with Gasteiger partial charge in [-0.1, -0.05) is 35.3 Å². The first kappa shape index (κ1) is 13.8. The number of aromatic hydroxyl groups is 1. The van der Waals surface area contributed by atoms with Gasteiger partial charge in [0.2, 0.25) is 0 Å². The van der Waals surface area contributed by atoms with E-state index in [9.17, 15) is 5.11 Å². The van der Waals surface area contributed by atoms with Crippen LogP contribution in [0.15, 0.2) is 36.5 Å². The maximum absolute atomic E-state index is 9.63. The van der Waals surface area contributed by atoms with Gasteiger partial charge in [0.15, 0.2) is 0 Å². The van der Waals surface area contributed by atoms with Crippen LogP contribution in [0.5, 0.6) is 5.75 Å². The monoisotopic (exact) mass is 263 g/mol. The standard InChI is InChI=1S/C11H7Cl2NO.Na.H/c12-7-5-9(13)11(14-6-7)8-3-1-2-4-10(8)15;;/h1-6,15H;;/q;+1;-1. The largest absolute Gasteiger partial charge is 1.00 e. The summed E-state index contributed by atoms with van der Waals surface area (Å²) in [4.78, 5) is 4.08. The van der Waals surface area contributed by atoms with E-state index in [1.54, 1.807) is 24.3 Å². The van der Waals surface area contributed by atoms with E-state index in [0.29, 0.717) is 21.3 Å². The first-order valence-corrected chi connectivity index (χ1v) is 5.03. The second-order valence-corrected chi connectivity index (χ2v) is 3.84. The van der Waals surface area contributed by atoms with Crippen molar-refractivity contribution in [1.29, 1.82) is 0 Å². The summed E-state index contributed by atoms with van der Waals surface area (Å²) in [6.07, 6.45) is 1.50. The van der Waals surface area contributed by atoms with E-state index in [1.165, 1.54) is 6.20 Å². The van der Waals surface area contributed by atoms with Crippen molar-refractivity contribution in [2.75, 3.05) is 0 Å². The van der Waals surface area contributed by atoms with Gasteiger partial charge in [-0.25, -0.2) is 0 Å². The topological polar surface area (TPSA) is 33.1 Å². The molecule has 2 aromatic rings. The van der Waals surface area contributed by atoms with E-state index in [2.05, 4.69) is 4.98 Å². The minimum atomic E-state index is 0. The van der Waals surface area contributed by atoms with Gasteiger partial charge in [0, 0.05) is 11.8 Å². The average Bonchev–Trinajstić information content (AvgIpc) is 2.20. The number of para-hydroxylation sites is 1. The summed E-state index contributed by atoms with van der Waals surface area (Å²) >= 11 is 11.7. The fourth-order valence-corrected chi connectivity index (χ4v) is 1.77. The molecule has 0 bridgehead atoms. The van der Waals surface area contributed by atoms with Crippen molar-refractivity contribution in [2.24, 2.45) is 0 Å². The second-order valence-electron chi connectivity index (χ2n) is 3.00. The average molecular weight is 264 g/mol. The van der Waals surface area contributed by atoms with Crippen molar-refractivity contribution in [3.05, 3.63) is 46.6 Å². The Labute approximate surface area is 127 Å². The van der Waals surface area contributed by atoms with Gasteiger partial charge in [-0.3, -0.25) is 4.98 Å². The number of hydrogen-bond donors (Lipinski definition) is 1. The van der Waals surface area contributed by atoms with Crippen LogP contribution in [0.2, 0.25) is 10.0 Å². The first-order valence-electron chi connectivity index (χ1n) is 4.28. The van der Waals surface area contributed by atoms with E-state index >= 15 is 0 Å². The van der Waals surface area contributed by atoms with E-state index in [4.69, 9.17) is 23.2 Å². The molecule has 0 aliphatic rings. The summed E-state index contributed by atoms with van der Waals surface area (Å²) in [7, 11) is 0. The van der Waals surface area contributed by atoms with Crippen LogP contribution in [0.25, 0.3) is 11.3 Å². The summed E-state index contributed by atoms with van der Waals surface area (Å²) in [5.41, 5.74) is 1.12. The third-order valence-electron chi connectivity index (χ3n) is 1.97. The molecule has 0 aliphatic heterocycles. The summed E-state index contributed by atoms with van der Waals surface area (Å²) in [5.74, 6) is 0.147. The molecule has 1 aromatic carbocycles. The van der Waals surface area contributed by atoms with Crippen molar-refractivity contribution in [2.45, 2.75) is 0 Å². The van der Waals surface area contributed by atoms with Gasteiger partial charge >= 0.3 is 29.6 Å². The van der Waals surface area contributed by atoms with Gasteiger partial charge in [-0.2, -0.15) is 0 Å². The minimum Gasteiger partial charge on any atom is -1.00 e. The molecule has 78 valence electrons. The fraction of sp³-hybridized carbons (Fsp3) is 0. The van der Waals surface area contributed by atoms with Crippen LogP contribution in [0, 0.1) is 0 Å². The van der Waals surface area contributed by atoms with Crippen LogP contribution >= 0.6 is 23.2 Å². The summed E-state index contributed by atoms with van der Waals surface area (Å²) in [6, 6.07) is 8.47. The van der Waals surface area contributed by atoms with Gasteiger partial charge in [-0.15, -0.1) is 0 Å². The first-order chi connectivity index (χ1) is 7.18. The zero-order valence-corrected chi connectivity index (χ0v) is 12.1. The molecule has 0 saturated carbocycles. The quantitative estimate of drug-likeness (QED) is 0.775. The van der Waals surface area contributed by atoms with E-state index in [1.807, 2.05) is 6.07 Å². The van der Waals surface area contributed by atoms with Crippen LogP contribution in [-0.4, -0.2) is 10.1 Å². The molecule has 0 aliphatic carbocycles. The van der Waals surface area contributed by atoms with Gasteiger partial charge in [0.25, 0.3) is 0 Å².